The number of aromatic nitrogens is 2. The van der Waals surface area contributed by atoms with E-state index >= 15 is 0 Å². The molecule has 0 saturated carbocycles. The summed E-state index contributed by atoms with van der Waals surface area (Å²) in [5.74, 6) is 1.20. The van der Waals surface area contributed by atoms with Crippen molar-refractivity contribution >= 4 is 0 Å². The van der Waals surface area contributed by atoms with E-state index in [1.807, 2.05) is 30.3 Å². The number of nitrogens with zero attached hydrogens (tertiary/aromatic N) is 2. The second-order valence-corrected chi connectivity index (χ2v) is 4.69. The van der Waals surface area contributed by atoms with E-state index in [4.69, 9.17) is 9.26 Å². The van der Waals surface area contributed by atoms with Crippen molar-refractivity contribution in [3.8, 4) is 0 Å². The van der Waals surface area contributed by atoms with Crippen molar-refractivity contribution in [2.24, 2.45) is 0 Å². The number of rotatable bonds is 3. The van der Waals surface area contributed by atoms with Crippen LogP contribution in [-0.4, -0.2) is 28.5 Å². The van der Waals surface area contributed by atoms with Crippen LogP contribution < -0.4 is 0 Å². The molecule has 0 spiro atoms. The van der Waals surface area contributed by atoms with Crippen LogP contribution in [-0.2, 0) is 4.74 Å². The van der Waals surface area contributed by atoms with Crippen LogP contribution in [0.3, 0.4) is 0 Å². The van der Waals surface area contributed by atoms with E-state index in [9.17, 15) is 5.11 Å². The highest BCUT2D eigenvalue weighted by molar-refractivity contribution is 5.21. The van der Waals surface area contributed by atoms with Gasteiger partial charge in [0, 0.05) is 19.1 Å². The van der Waals surface area contributed by atoms with Crippen LogP contribution in [0.15, 0.2) is 34.9 Å². The topological polar surface area (TPSA) is 68.4 Å². The van der Waals surface area contributed by atoms with E-state index in [-0.39, 0.29) is 11.8 Å². The molecule has 19 heavy (non-hydrogen) atoms. The summed E-state index contributed by atoms with van der Waals surface area (Å²) in [6.07, 6.45) is 0.947. The lowest BCUT2D eigenvalue weighted by Gasteiger charge is -2.18. The molecule has 1 fully saturated rings. The van der Waals surface area contributed by atoms with Crippen molar-refractivity contribution in [2.75, 3.05) is 13.2 Å². The second-order valence-electron chi connectivity index (χ2n) is 4.69. The molecule has 0 amide bonds. The SMILES string of the molecule is OC(c1ccccc1)c1nc(C2CCOCC2)no1. The summed E-state index contributed by atoms with van der Waals surface area (Å²) in [5, 5.41) is 14.2. The van der Waals surface area contributed by atoms with Gasteiger partial charge >= 0.3 is 0 Å². The van der Waals surface area contributed by atoms with E-state index < -0.39 is 6.10 Å². The molecular formula is C14H16N2O3. The fourth-order valence-electron chi connectivity index (χ4n) is 2.26. The standard InChI is InChI=1S/C14H16N2O3/c17-12(10-4-2-1-3-5-10)14-15-13(16-19-14)11-6-8-18-9-7-11/h1-5,11-12,17H,6-9H2. The Morgan fingerprint density at radius 2 is 1.89 bits per heavy atom. The van der Waals surface area contributed by atoms with Gasteiger partial charge in [-0.2, -0.15) is 4.98 Å². The fourth-order valence-corrected chi connectivity index (χ4v) is 2.26. The molecule has 2 aromatic rings. The molecule has 1 saturated heterocycles. The van der Waals surface area contributed by atoms with Gasteiger partial charge < -0.3 is 14.4 Å². The van der Waals surface area contributed by atoms with Gasteiger partial charge in [0.15, 0.2) is 11.9 Å². The lowest BCUT2D eigenvalue weighted by atomic mass is 10.00. The molecule has 1 atom stereocenters. The molecule has 1 aliphatic rings. The van der Waals surface area contributed by atoms with E-state index in [0.29, 0.717) is 5.82 Å². The molecule has 1 aromatic heterocycles. The molecule has 2 heterocycles. The molecule has 1 aliphatic heterocycles. The third-order valence-corrected chi connectivity index (χ3v) is 3.39. The normalized spacial score (nSPS) is 18.4. The van der Waals surface area contributed by atoms with E-state index in [1.165, 1.54) is 0 Å². The number of aliphatic hydroxyl groups excluding tert-OH is 1. The highest BCUT2D eigenvalue weighted by Gasteiger charge is 2.24. The molecular weight excluding hydrogens is 244 g/mol. The quantitative estimate of drug-likeness (QED) is 0.914. The average molecular weight is 260 g/mol. The van der Waals surface area contributed by atoms with E-state index in [1.54, 1.807) is 0 Å². The number of benzene rings is 1. The predicted molar refractivity (Wildman–Crippen MR) is 67.6 cm³/mol. The smallest absolute Gasteiger partial charge is 0.260 e. The van der Waals surface area contributed by atoms with Crippen LogP contribution >= 0.6 is 0 Å². The van der Waals surface area contributed by atoms with Crippen LogP contribution in [0, 0.1) is 0 Å². The van der Waals surface area contributed by atoms with Crippen LogP contribution in [0.2, 0.25) is 0 Å². The van der Waals surface area contributed by atoms with Gasteiger partial charge in [-0.15, -0.1) is 0 Å². The molecule has 1 aromatic carbocycles. The molecule has 1 unspecified atom stereocenters. The van der Waals surface area contributed by atoms with E-state index in [0.717, 1.165) is 31.6 Å². The summed E-state index contributed by atoms with van der Waals surface area (Å²) >= 11 is 0. The Hall–Kier alpha value is -1.72. The van der Waals surface area contributed by atoms with Crippen LogP contribution in [0.4, 0.5) is 0 Å². The highest BCUT2D eigenvalue weighted by atomic mass is 16.5. The molecule has 100 valence electrons. The minimum absolute atomic E-state index is 0.257. The third-order valence-electron chi connectivity index (χ3n) is 3.39. The lowest BCUT2D eigenvalue weighted by molar-refractivity contribution is 0.0830. The van der Waals surface area contributed by atoms with Gasteiger partial charge in [-0.3, -0.25) is 0 Å². The Labute approximate surface area is 111 Å². The van der Waals surface area contributed by atoms with Gasteiger partial charge in [-0.25, -0.2) is 0 Å². The second kappa shape index (κ2) is 5.50. The first-order valence-electron chi connectivity index (χ1n) is 6.49. The van der Waals surface area contributed by atoms with E-state index in [2.05, 4.69) is 10.1 Å². The third kappa shape index (κ3) is 2.67. The summed E-state index contributed by atoms with van der Waals surface area (Å²) in [5.41, 5.74) is 0.754. The van der Waals surface area contributed by atoms with Gasteiger partial charge in [0.1, 0.15) is 0 Å². The Morgan fingerprint density at radius 3 is 2.63 bits per heavy atom. The predicted octanol–water partition coefficient (Wildman–Crippen LogP) is 2.05. The minimum atomic E-state index is -0.859. The molecule has 0 bridgehead atoms. The minimum Gasteiger partial charge on any atom is -0.381 e. The lowest BCUT2D eigenvalue weighted by Crippen LogP contribution is -2.15. The first kappa shape index (κ1) is 12.3. The maximum Gasteiger partial charge on any atom is 0.260 e. The van der Waals surface area contributed by atoms with Crippen LogP contribution in [0.25, 0.3) is 0 Å². The average Bonchev–Trinajstić information content (AvgIpc) is 2.98. The largest absolute Gasteiger partial charge is 0.381 e. The molecule has 0 radical (unpaired) electrons. The summed E-state index contributed by atoms with van der Waals surface area (Å²) < 4.78 is 10.5. The summed E-state index contributed by atoms with van der Waals surface area (Å²) in [6, 6.07) is 9.31. The van der Waals surface area contributed by atoms with Crippen LogP contribution in [0.1, 0.15) is 42.1 Å². The Bertz CT molecular complexity index is 520. The van der Waals surface area contributed by atoms with Gasteiger partial charge in [-0.05, 0) is 18.4 Å². The number of aliphatic hydroxyl groups is 1. The Morgan fingerprint density at radius 1 is 1.16 bits per heavy atom. The summed E-state index contributed by atoms with van der Waals surface area (Å²) in [6.45, 7) is 1.46. The van der Waals surface area contributed by atoms with Crippen molar-refractivity contribution in [1.29, 1.82) is 0 Å². The fraction of sp³-hybridized carbons (Fsp3) is 0.429. The zero-order chi connectivity index (χ0) is 13.1. The monoisotopic (exact) mass is 260 g/mol. The maximum absolute atomic E-state index is 10.2. The van der Waals surface area contributed by atoms with Gasteiger partial charge in [-0.1, -0.05) is 35.5 Å². The van der Waals surface area contributed by atoms with Crippen molar-refractivity contribution < 1.29 is 14.4 Å². The van der Waals surface area contributed by atoms with Gasteiger partial charge in [0.25, 0.3) is 5.89 Å². The zero-order valence-corrected chi connectivity index (χ0v) is 10.5. The van der Waals surface area contributed by atoms with Crippen LogP contribution in [0.5, 0.6) is 0 Å². The van der Waals surface area contributed by atoms with Gasteiger partial charge in [0.2, 0.25) is 0 Å². The maximum atomic E-state index is 10.2. The summed E-state index contributed by atoms with van der Waals surface area (Å²) in [7, 11) is 0. The number of hydrogen-bond acceptors (Lipinski definition) is 5. The van der Waals surface area contributed by atoms with Crippen molar-refractivity contribution in [3.05, 3.63) is 47.6 Å². The Balaban J connectivity index is 1.77. The first-order valence-corrected chi connectivity index (χ1v) is 6.49. The molecule has 1 N–H and O–H groups in total. The molecule has 5 nitrogen and oxygen atoms in total. The Kier molecular flexibility index (Phi) is 3.57. The van der Waals surface area contributed by atoms with Crippen molar-refractivity contribution in [1.82, 2.24) is 10.1 Å². The highest BCUT2D eigenvalue weighted by Crippen LogP contribution is 2.27. The molecule has 3 rings (SSSR count). The number of ether oxygens (including phenoxy) is 1. The molecule has 0 aliphatic carbocycles. The first-order chi connectivity index (χ1) is 9.34. The van der Waals surface area contributed by atoms with Crippen molar-refractivity contribution in [2.45, 2.75) is 24.9 Å². The number of hydrogen-bond donors (Lipinski definition) is 1. The molecule has 5 heteroatoms. The van der Waals surface area contributed by atoms with Crippen molar-refractivity contribution in [3.63, 3.8) is 0 Å². The zero-order valence-electron chi connectivity index (χ0n) is 10.5. The van der Waals surface area contributed by atoms with Gasteiger partial charge in [0.05, 0.1) is 0 Å². The summed E-state index contributed by atoms with van der Waals surface area (Å²) in [4.78, 5) is 4.33.